The lowest BCUT2D eigenvalue weighted by Gasteiger charge is -2.26. The number of rotatable bonds is 5. The van der Waals surface area contributed by atoms with E-state index in [2.05, 4.69) is 49.2 Å². The molecule has 1 aliphatic heterocycles. The predicted octanol–water partition coefficient (Wildman–Crippen LogP) is 4.86. The summed E-state index contributed by atoms with van der Waals surface area (Å²) >= 11 is 6.53. The van der Waals surface area contributed by atoms with E-state index in [0.717, 1.165) is 37.6 Å². The van der Waals surface area contributed by atoms with Crippen LogP contribution in [0.15, 0.2) is 18.2 Å². The normalized spacial score (nSPS) is 18.6. The Morgan fingerprint density at radius 3 is 2.76 bits per heavy atom. The van der Waals surface area contributed by atoms with Crippen molar-refractivity contribution in [2.45, 2.75) is 53.0 Å². The first kappa shape index (κ1) is 16.6. The molecule has 1 fully saturated rings. The van der Waals surface area contributed by atoms with Gasteiger partial charge in [0.2, 0.25) is 0 Å². The maximum absolute atomic E-state index is 6.53. The molecule has 0 radical (unpaired) electrons. The topological polar surface area (TPSA) is 15.3 Å². The molecule has 118 valence electrons. The molecule has 3 heteroatoms. The number of benzene rings is 1. The molecule has 0 aliphatic carbocycles. The Kier molecular flexibility index (Phi) is 5.95. The summed E-state index contributed by atoms with van der Waals surface area (Å²) in [5, 5.41) is 4.32. The van der Waals surface area contributed by atoms with Crippen molar-refractivity contribution in [1.29, 1.82) is 0 Å². The Morgan fingerprint density at radius 1 is 1.24 bits per heavy atom. The summed E-state index contributed by atoms with van der Waals surface area (Å²) in [5.74, 6) is 0. The first-order valence-electron chi connectivity index (χ1n) is 8.26. The van der Waals surface area contributed by atoms with Crippen LogP contribution in [0.4, 0.5) is 5.69 Å². The van der Waals surface area contributed by atoms with Gasteiger partial charge in [-0.1, -0.05) is 38.4 Å². The van der Waals surface area contributed by atoms with E-state index in [1.807, 2.05) is 0 Å². The first-order chi connectivity index (χ1) is 10.0. The second kappa shape index (κ2) is 7.51. The van der Waals surface area contributed by atoms with E-state index >= 15 is 0 Å². The fraction of sp³-hybridized carbons (Fsp3) is 0.667. The number of hydrogen-bond acceptors (Lipinski definition) is 2. The molecule has 0 saturated carbocycles. The highest BCUT2D eigenvalue weighted by molar-refractivity contribution is 6.33. The molecule has 0 spiro atoms. The van der Waals surface area contributed by atoms with E-state index in [9.17, 15) is 0 Å². The summed E-state index contributed by atoms with van der Waals surface area (Å²) in [6.45, 7) is 11.1. The van der Waals surface area contributed by atoms with Crippen LogP contribution in [0.1, 0.15) is 52.0 Å². The Labute approximate surface area is 134 Å². The molecule has 1 aliphatic rings. The van der Waals surface area contributed by atoms with Gasteiger partial charge in [0.1, 0.15) is 0 Å². The van der Waals surface area contributed by atoms with Gasteiger partial charge in [0.25, 0.3) is 0 Å². The van der Waals surface area contributed by atoms with Crippen molar-refractivity contribution in [2.24, 2.45) is 5.41 Å². The maximum atomic E-state index is 6.53. The van der Waals surface area contributed by atoms with Gasteiger partial charge in [0, 0.05) is 19.6 Å². The van der Waals surface area contributed by atoms with Crippen molar-refractivity contribution >= 4 is 17.3 Å². The number of hydrogen-bond donors (Lipinski definition) is 1. The van der Waals surface area contributed by atoms with Gasteiger partial charge in [-0.05, 0) is 55.3 Å². The van der Waals surface area contributed by atoms with E-state index in [1.54, 1.807) is 0 Å². The van der Waals surface area contributed by atoms with Gasteiger partial charge < -0.3 is 10.2 Å². The minimum Gasteiger partial charge on any atom is -0.370 e. The summed E-state index contributed by atoms with van der Waals surface area (Å²) in [5.41, 5.74) is 2.94. The molecule has 0 aromatic heterocycles. The van der Waals surface area contributed by atoms with Gasteiger partial charge in [-0.2, -0.15) is 0 Å². The Hall–Kier alpha value is -0.730. The average Bonchev–Trinajstić information content (AvgIpc) is 2.60. The van der Waals surface area contributed by atoms with E-state index < -0.39 is 0 Å². The first-order valence-corrected chi connectivity index (χ1v) is 8.64. The van der Waals surface area contributed by atoms with Crippen LogP contribution in [0.5, 0.6) is 0 Å². The summed E-state index contributed by atoms with van der Waals surface area (Å²) in [7, 11) is 0. The molecule has 1 aromatic carbocycles. The zero-order valence-electron chi connectivity index (χ0n) is 13.7. The van der Waals surface area contributed by atoms with E-state index in [-0.39, 0.29) is 0 Å². The van der Waals surface area contributed by atoms with Crippen LogP contribution in [-0.2, 0) is 6.54 Å². The van der Waals surface area contributed by atoms with Gasteiger partial charge in [0.15, 0.2) is 0 Å². The molecule has 21 heavy (non-hydrogen) atoms. The number of nitrogens with zero attached hydrogens (tertiary/aromatic N) is 1. The summed E-state index contributed by atoms with van der Waals surface area (Å²) in [4.78, 5) is 2.46. The van der Waals surface area contributed by atoms with Gasteiger partial charge in [0.05, 0.1) is 10.7 Å². The molecule has 1 heterocycles. The smallest absolute Gasteiger partial charge is 0.0642 e. The zero-order valence-corrected chi connectivity index (χ0v) is 14.5. The molecule has 2 rings (SSSR count). The van der Waals surface area contributed by atoms with E-state index in [4.69, 9.17) is 11.6 Å². The lowest BCUT2D eigenvalue weighted by Crippen LogP contribution is -2.25. The molecule has 0 bridgehead atoms. The predicted molar refractivity (Wildman–Crippen MR) is 93.3 cm³/mol. The summed E-state index contributed by atoms with van der Waals surface area (Å²) < 4.78 is 0. The molecule has 1 saturated heterocycles. The molecule has 2 nitrogen and oxygen atoms in total. The Bertz CT molecular complexity index is 457. The van der Waals surface area contributed by atoms with Crippen LogP contribution in [0, 0.1) is 5.41 Å². The van der Waals surface area contributed by atoms with Crippen molar-refractivity contribution in [3.8, 4) is 0 Å². The summed E-state index contributed by atoms with van der Waals surface area (Å²) in [6.07, 6.45) is 4.96. The molecule has 0 amide bonds. The van der Waals surface area contributed by atoms with Crippen LogP contribution in [0.25, 0.3) is 0 Å². The highest BCUT2D eigenvalue weighted by atomic mass is 35.5. The largest absolute Gasteiger partial charge is 0.370 e. The van der Waals surface area contributed by atoms with Crippen LogP contribution in [0.3, 0.4) is 0 Å². The van der Waals surface area contributed by atoms with E-state index in [1.165, 1.54) is 30.5 Å². The molecule has 0 unspecified atom stereocenters. The zero-order chi connectivity index (χ0) is 15.3. The third-order valence-corrected chi connectivity index (χ3v) is 4.75. The Morgan fingerprint density at radius 2 is 2.05 bits per heavy atom. The van der Waals surface area contributed by atoms with Crippen LogP contribution >= 0.6 is 11.6 Å². The monoisotopic (exact) mass is 308 g/mol. The van der Waals surface area contributed by atoms with Gasteiger partial charge in [-0.15, -0.1) is 0 Å². The fourth-order valence-electron chi connectivity index (χ4n) is 2.99. The number of nitrogens with one attached hydrogen (secondary N) is 1. The standard InChI is InChI=1S/C18H29ClN2/c1-4-10-20-14-15-6-7-17(16(19)13-15)21-11-5-8-18(2,3)9-12-21/h6-7,13,20H,4-5,8-12,14H2,1-3H3. The van der Waals surface area contributed by atoms with Crippen molar-refractivity contribution in [3.05, 3.63) is 28.8 Å². The maximum Gasteiger partial charge on any atom is 0.0642 e. The molecule has 0 atom stereocenters. The van der Waals surface area contributed by atoms with Crippen molar-refractivity contribution in [3.63, 3.8) is 0 Å². The van der Waals surface area contributed by atoms with Crippen LogP contribution in [0.2, 0.25) is 5.02 Å². The highest BCUT2D eigenvalue weighted by Gasteiger charge is 2.23. The minimum absolute atomic E-state index is 0.464. The molecular weight excluding hydrogens is 280 g/mol. The minimum atomic E-state index is 0.464. The number of anilines is 1. The molecular formula is C18H29ClN2. The van der Waals surface area contributed by atoms with Gasteiger partial charge >= 0.3 is 0 Å². The summed E-state index contributed by atoms with van der Waals surface area (Å²) in [6, 6.07) is 6.53. The third kappa shape index (κ3) is 4.89. The average molecular weight is 309 g/mol. The van der Waals surface area contributed by atoms with Crippen molar-refractivity contribution in [1.82, 2.24) is 5.32 Å². The molecule has 1 aromatic rings. The quantitative estimate of drug-likeness (QED) is 0.782. The number of halogens is 1. The van der Waals surface area contributed by atoms with Crippen molar-refractivity contribution in [2.75, 3.05) is 24.5 Å². The van der Waals surface area contributed by atoms with Crippen LogP contribution < -0.4 is 10.2 Å². The van der Waals surface area contributed by atoms with Gasteiger partial charge in [-0.3, -0.25) is 0 Å². The second-order valence-electron chi connectivity index (χ2n) is 6.97. The third-order valence-electron chi connectivity index (χ3n) is 4.45. The SMILES string of the molecule is CCCNCc1ccc(N2CCCC(C)(C)CC2)c(Cl)c1. The second-order valence-corrected chi connectivity index (χ2v) is 7.37. The lowest BCUT2D eigenvalue weighted by atomic mass is 9.85. The Balaban J connectivity index is 2.03. The van der Waals surface area contributed by atoms with Crippen molar-refractivity contribution < 1.29 is 0 Å². The van der Waals surface area contributed by atoms with E-state index in [0.29, 0.717) is 5.41 Å². The fourth-order valence-corrected chi connectivity index (χ4v) is 3.31. The highest BCUT2D eigenvalue weighted by Crippen LogP contribution is 2.34. The van der Waals surface area contributed by atoms with Crippen LogP contribution in [-0.4, -0.2) is 19.6 Å². The van der Waals surface area contributed by atoms with Gasteiger partial charge in [-0.25, -0.2) is 0 Å². The molecule has 1 N–H and O–H groups in total. The lowest BCUT2D eigenvalue weighted by molar-refractivity contribution is 0.325.